The Balaban J connectivity index is -0.00000000167. The largest absolute Gasteiger partial charge is 2.00 e. The van der Waals surface area contributed by atoms with Crippen LogP contribution >= 0.6 is 0 Å². The van der Waals surface area contributed by atoms with E-state index in [1.54, 1.807) is 0 Å². The maximum atomic E-state index is 4.00. The quantitative estimate of drug-likeness (QED) is 0.185. The van der Waals surface area contributed by atoms with E-state index in [0.29, 0.717) is 0 Å². The Morgan fingerprint density at radius 2 is 0.800 bits per heavy atom. The Kier molecular flexibility index (Phi) is 181. The van der Waals surface area contributed by atoms with Gasteiger partial charge in [-0.25, -0.2) is 0 Å². The van der Waals surface area contributed by atoms with E-state index in [9.17, 15) is 0 Å². The average molecular weight is 110 g/mol. The number of nitrogens with two attached hydrogens (primary N) is 2. The summed E-state index contributed by atoms with van der Waals surface area (Å²) in [6.07, 6.45) is 0. The van der Waals surface area contributed by atoms with Crippen LogP contribution in [-0.2, 0) is 13.5 Å². The summed E-state index contributed by atoms with van der Waals surface area (Å²) < 4.78 is 0. The molecule has 0 aromatic carbocycles. The van der Waals surface area contributed by atoms with Gasteiger partial charge in [-0.15, -0.1) is 0 Å². The first-order chi connectivity index (χ1) is 1.00. The molecule has 0 aliphatic rings. The number of hydrogen-bond donors (Lipinski definition) is 2. The van der Waals surface area contributed by atoms with Crippen LogP contribution in [0.25, 0.3) is 0 Å². The standard InChI is InChI=1S/H4N2.2Na.S/c1-2;;;/h1-2H2;;;/q;2*+1;-2. The molecule has 4 N–H and O–H groups in total. The Morgan fingerprint density at radius 1 is 0.800 bits per heavy atom. The molecular weight excluding hydrogens is 106 g/mol. The molecule has 0 atom stereocenters. The molecule has 0 saturated heterocycles. The number of hydrazine groups is 1. The molecule has 0 radical (unpaired) electrons. The molecule has 0 aliphatic carbocycles. The van der Waals surface area contributed by atoms with Gasteiger partial charge in [-0.3, -0.25) is 11.7 Å². The van der Waals surface area contributed by atoms with E-state index in [0.717, 1.165) is 0 Å². The molecule has 0 aromatic rings. The molecule has 0 aromatic heterocycles. The summed E-state index contributed by atoms with van der Waals surface area (Å²) in [6, 6.07) is 0. The van der Waals surface area contributed by atoms with Crippen molar-refractivity contribution in [2.24, 2.45) is 11.7 Å². The van der Waals surface area contributed by atoms with E-state index in [1.165, 1.54) is 0 Å². The normalized spacial score (nSPS) is 1.20. The summed E-state index contributed by atoms with van der Waals surface area (Å²) in [5.74, 6) is 8.00. The van der Waals surface area contributed by atoms with Crippen LogP contribution < -0.4 is 70.8 Å². The molecule has 0 spiro atoms. The van der Waals surface area contributed by atoms with Gasteiger partial charge in [-0.1, -0.05) is 0 Å². The van der Waals surface area contributed by atoms with Crippen LogP contribution in [0, 0.1) is 0 Å². The molecule has 0 unspecified atom stereocenters. The summed E-state index contributed by atoms with van der Waals surface area (Å²) in [5, 5.41) is 0. The van der Waals surface area contributed by atoms with Crippen molar-refractivity contribution < 1.29 is 59.1 Å². The first-order valence-corrected chi connectivity index (χ1v) is 0.333. The minimum Gasteiger partial charge on any atom is -2.00 e. The van der Waals surface area contributed by atoms with Crippen LogP contribution in [0.2, 0.25) is 0 Å². The minimum atomic E-state index is 0. The second-order valence-corrected chi connectivity index (χ2v) is 0. The fourth-order valence-electron chi connectivity index (χ4n) is 0. The van der Waals surface area contributed by atoms with Crippen molar-refractivity contribution in [1.82, 2.24) is 0 Å². The van der Waals surface area contributed by atoms with Crippen molar-refractivity contribution in [2.75, 3.05) is 0 Å². The summed E-state index contributed by atoms with van der Waals surface area (Å²) in [4.78, 5) is 0. The third-order valence-corrected chi connectivity index (χ3v) is 0. The number of hydrogen-bond acceptors (Lipinski definition) is 2. The van der Waals surface area contributed by atoms with Gasteiger partial charge in [0, 0.05) is 0 Å². The first-order valence-electron chi connectivity index (χ1n) is 0.333. The van der Waals surface area contributed by atoms with E-state index in [2.05, 4.69) is 11.7 Å². The van der Waals surface area contributed by atoms with Crippen LogP contribution in [0.15, 0.2) is 0 Å². The van der Waals surface area contributed by atoms with Gasteiger partial charge >= 0.3 is 59.1 Å². The Hall–Kier alpha value is 2.27. The van der Waals surface area contributed by atoms with Gasteiger partial charge in [0.25, 0.3) is 0 Å². The van der Waals surface area contributed by atoms with Gasteiger partial charge in [0.1, 0.15) is 0 Å². The van der Waals surface area contributed by atoms with Crippen LogP contribution in [-0.4, -0.2) is 0 Å². The summed E-state index contributed by atoms with van der Waals surface area (Å²) in [7, 11) is 0. The SMILES string of the molecule is NN.[Na+].[Na+].[S-2]. The molecule has 0 aliphatic heterocycles. The van der Waals surface area contributed by atoms with Gasteiger partial charge < -0.3 is 13.5 Å². The molecule has 2 nitrogen and oxygen atoms in total. The molecule has 0 fully saturated rings. The molecule has 0 heterocycles. The van der Waals surface area contributed by atoms with Crippen molar-refractivity contribution in [2.45, 2.75) is 0 Å². The van der Waals surface area contributed by atoms with Crippen LogP contribution in [0.3, 0.4) is 0 Å². The Labute approximate surface area is 83.0 Å². The summed E-state index contributed by atoms with van der Waals surface area (Å²) in [6.45, 7) is 0. The van der Waals surface area contributed by atoms with Crippen LogP contribution in [0.1, 0.15) is 0 Å². The zero-order valence-electron chi connectivity index (χ0n) is 3.56. The van der Waals surface area contributed by atoms with E-state index in [1.807, 2.05) is 0 Å². The monoisotopic (exact) mass is 110 g/mol. The molecule has 22 valence electrons. The summed E-state index contributed by atoms with van der Waals surface area (Å²) in [5.41, 5.74) is 0. The second-order valence-electron chi connectivity index (χ2n) is 0. The molecule has 0 saturated carbocycles. The van der Waals surface area contributed by atoms with Gasteiger partial charge in [-0.2, -0.15) is 0 Å². The van der Waals surface area contributed by atoms with Crippen LogP contribution in [0.4, 0.5) is 0 Å². The van der Waals surface area contributed by atoms with Gasteiger partial charge in [0.05, 0.1) is 0 Å². The minimum absolute atomic E-state index is 0. The van der Waals surface area contributed by atoms with E-state index in [-0.39, 0.29) is 72.6 Å². The van der Waals surface area contributed by atoms with Gasteiger partial charge in [0.2, 0.25) is 0 Å². The zero-order valence-corrected chi connectivity index (χ0v) is 8.38. The van der Waals surface area contributed by atoms with Gasteiger partial charge in [0.15, 0.2) is 0 Å². The third-order valence-electron chi connectivity index (χ3n) is 0. The van der Waals surface area contributed by atoms with E-state index < -0.39 is 0 Å². The fourth-order valence-corrected chi connectivity index (χ4v) is 0. The Bertz CT molecular complexity index is 7.61. The predicted molar refractivity (Wildman–Crippen MR) is 15.7 cm³/mol. The van der Waals surface area contributed by atoms with Crippen molar-refractivity contribution in [3.05, 3.63) is 0 Å². The van der Waals surface area contributed by atoms with E-state index >= 15 is 0 Å². The molecule has 0 rings (SSSR count). The molecule has 0 bridgehead atoms. The fraction of sp³-hybridized carbons (Fsp3) is 0. The average Bonchev–Trinajstić information content (AvgIpc) is 1.00. The summed E-state index contributed by atoms with van der Waals surface area (Å²) >= 11 is 0. The van der Waals surface area contributed by atoms with Crippen molar-refractivity contribution in [3.8, 4) is 0 Å². The third kappa shape index (κ3) is 22.2. The van der Waals surface area contributed by atoms with Crippen molar-refractivity contribution >= 4 is 13.5 Å². The maximum absolute atomic E-state index is 4.00. The number of rotatable bonds is 0. The van der Waals surface area contributed by atoms with Gasteiger partial charge in [-0.05, 0) is 0 Å². The zero-order chi connectivity index (χ0) is 2.00. The molecule has 5 heteroatoms. The topological polar surface area (TPSA) is 52.0 Å². The first kappa shape index (κ1) is 26.7. The Morgan fingerprint density at radius 3 is 0.800 bits per heavy atom. The van der Waals surface area contributed by atoms with Crippen molar-refractivity contribution in [3.63, 3.8) is 0 Å². The maximum Gasteiger partial charge on any atom is 1.00 e. The van der Waals surface area contributed by atoms with Crippen LogP contribution in [0.5, 0.6) is 0 Å². The molecular formula is H4N2Na2S. The molecule has 0 amide bonds. The smallest absolute Gasteiger partial charge is 1.00 e. The second kappa shape index (κ2) is 33.8. The van der Waals surface area contributed by atoms with Crippen molar-refractivity contribution in [1.29, 1.82) is 0 Å². The predicted octanol–water partition coefficient (Wildman–Crippen LogP) is -7.18. The van der Waals surface area contributed by atoms with E-state index in [4.69, 9.17) is 0 Å². The molecule has 5 heavy (non-hydrogen) atoms.